The summed E-state index contributed by atoms with van der Waals surface area (Å²) in [5.74, 6) is -0.116. The van der Waals surface area contributed by atoms with E-state index < -0.39 is 6.10 Å². The number of nitrogens with zero attached hydrogens (tertiary/aromatic N) is 1. The molecule has 0 spiro atoms. The number of benzene rings is 2. The highest BCUT2D eigenvalue weighted by Crippen LogP contribution is 2.14. The summed E-state index contributed by atoms with van der Waals surface area (Å²) in [4.78, 5) is 16.1. The van der Waals surface area contributed by atoms with E-state index in [1.807, 2.05) is 54.6 Å². The monoisotopic (exact) mass is 398 g/mol. The lowest BCUT2D eigenvalue weighted by Gasteiger charge is -2.12. The van der Waals surface area contributed by atoms with Crippen LogP contribution in [0.1, 0.15) is 24.4 Å². The van der Waals surface area contributed by atoms with Crippen LogP contribution in [-0.2, 0) is 17.6 Å². The smallest absolute Gasteiger partial charge is 0.230 e. The second-order valence-electron chi connectivity index (χ2n) is 6.48. The summed E-state index contributed by atoms with van der Waals surface area (Å²) < 4.78 is 0. The number of carbonyl (C=O) groups is 1. The largest absolute Gasteiger partial charge is 0.387 e. The number of anilines is 2. The molecule has 0 radical (unpaired) electrons. The molecule has 1 aromatic heterocycles. The Morgan fingerprint density at radius 2 is 1.93 bits per heavy atom. The van der Waals surface area contributed by atoms with Gasteiger partial charge in [-0.25, -0.2) is 4.98 Å². The molecule has 0 aliphatic heterocycles. The van der Waals surface area contributed by atoms with Gasteiger partial charge in [0.15, 0.2) is 5.13 Å². The third-order valence-corrected chi connectivity index (χ3v) is 4.98. The normalized spacial score (nSPS) is 11.9. The highest BCUT2D eigenvalue weighted by atomic mass is 32.1. The average molecular weight is 399 g/mol. The van der Waals surface area contributed by atoms with Gasteiger partial charge in [-0.2, -0.15) is 0 Å². The molecule has 1 amide bonds. The van der Waals surface area contributed by atoms with Gasteiger partial charge in [0.05, 0.1) is 18.2 Å². The molecule has 0 bridgehead atoms. The topological polar surface area (TPSA) is 100 Å². The van der Waals surface area contributed by atoms with Crippen LogP contribution in [0.3, 0.4) is 0 Å². The molecule has 28 heavy (non-hydrogen) atoms. The molecule has 0 saturated carbocycles. The number of nitrogen functional groups attached to an aromatic ring is 1. The SMILES string of the molecule is Nc1nc(CC(=O)Nc2ccc(CCNC[C@H](O)c3ccccc3)cc2)cs1.[HH]. The highest BCUT2D eigenvalue weighted by Gasteiger charge is 2.08. The maximum absolute atomic E-state index is 12.0. The Morgan fingerprint density at radius 1 is 1.18 bits per heavy atom. The number of nitrogens with two attached hydrogens (primary N) is 1. The van der Waals surface area contributed by atoms with Crippen LogP contribution in [0.4, 0.5) is 10.8 Å². The van der Waals surface area contributed by atoms with E-state index in [4.69, 9.17) is 5.73 Å². The van der Waals surface area contributed by atoms with Crippen LogP contribution in [0.2, 0.25) is 0 Å². The van der Waals surface area contributed by atoms with E-state index in [0.717, 1.165) is 29.8 Å². The van der Waals surface area contributed by atoms with Gasteiger partial charge >= 0.3 is 0 Å². The number of rotatable bonds is 9. The van der Waals surface area contributed by atoms with Crippen LogP contribution in [0.15, 0.2) is 60.0 Å². The zero-order valence-corrected chi connectivity index (χ0v) is 16.3. The lowest BCUT2D eigenvalue weighted by molar-refractivity contribution is -0.115. The van der Waals surface area contributed by atoms with E-state index in [-0.39, 0.29) is 13.8 Å². The number of amides is 1. The molecular formula is C21H26N4O2S. The Morgan fingerprint density at radius 3 is 2.61 bits per heavy atom. The maximum Gasteiger partial charge on any atom is 0.230 e. The molecule has 0 fully saturated rings. The number of aliphatic hydroxyl groups excluding tert-OH is 1. The number of nitrogens with one attached hydrogen (secondary N) is 2. The van der Waals surface area contributed by atoms with Crippen molar-refractivity contribution in [2.75, 3.05) is 24.1 Å². The minimum absolute atomic E-state index is 0. The molecule has 1 heterocycles. The van der Waals surface area contributed by atoms with Crippen molar-refractivity contribution in [3.05, 3.63) is 76.8 Å². The summed E-state index contributed by atoms with van der Waals surface area (Å²) in [6.45, 7) is 1.28. The molecule has 148 valence electrons. The Labute approximate surface area is 169 Å². The van der Waals surface area contributed by atoms with Crippen LogP contribution in [0.25, 0.3) is 0 Å². The van der Waals surface area contributed by atoms with Crippen molar-refractivity contribution in [2.24, 2.45) is 0 Å². The van der Waals surface area contributed by atoms with Gasteiger partial charge in [-0.05, 0) is 36.2 Å². The molecule has 0 aliphatic rings. The molecule has 1 atom stereocenters. The fourth-order valence-electron chi connectivity index (χ4n) is 2.79. The third-order valence-electron chi connectivity index (χ3n) is 4.26. The van der Waals surface area contributed by atoms with Crippen molar-refractivity contribution in [1.82, 2.24) is 10.3 Å². The Kier molecular flexibility index (Phi) is 7.13. The highest BCUT2D eigenvalue weighted by molar-refractivity contribution is 7.13. The minimum atomic E-state index is -0.508. The van der Waals surface area contributed by atoms with Gasteiger partial charge in [0.2, 0.25) is 5.91 Å². The zero-order chi connectivity index (χ0) is 19.8. The summed E-state index contributed by atoms with van der Waals surface area (Å²) in [6.07, 6.45) is 0.545. The van der Waals surface area contributed by atoms with Crippen LogP contribution < -0.4 is 16.4 Å². The van der Waals surface area contributed by atoms with E-state index in [2.05, 4.69) is 15.6 Å². The van der Waals surface area contributed by atoms with E-state index >= 15 is 0 Å². The van der Waals surface area contributed by atoms with E-state index in [9.17, 15) is 9.90 Å². The van der Waals surface area contributed by atoms with Crippen LogP contribution in [0, 0.1) is 0 Å². The van der Waals surface area contributed by atoms with E-state index in [1.165, 1.54) is 11.3 Å². The molecule has 6 nitrogen and oxygen atoms in total. The summed E-state index contributed by atoms with van der Waals surface area (Å²) in [5.41, 5.74) is 9.08. The first-order valence-electron chi connectivity index (χ1n) is 9.12. The van der Waals surface area contributed by atoms with Gasteiger partial charge in [-0.3, -0.25) is 4.79 Å². The lowest BCUT2D eigenvalue weighted by Crippen LogP contribution is -2.23. The van der Waals surface area contributed by atoms with Crippen molar-refractivity contribution >= 4 is 28.1 Å². The Hall–Kier alpha value is -2.74. The first-order valence-corrected chi connectivity index (χ1v) is 10.0. The van der Waals surface area contributed by atoms with Gasteiger partial charge in [0.1, 0.15) is 0 Å². The Bertz CT molecular complexity index is 887. The molecular weight excluding hydrogens is 372 g/mol. The van der Waals surface area contributed by atoms with Crippen LogP contribution in [0.5, 0.6) is 0 Å². The number of carbonyl (C=O) groups excluding carboxylic acids is 1. The molecule has 2 aromatic carbocycles. The summed E-state index contributed by atoms with van der Waals surface area (Å²) in [5, 5.41) is 18.5. The summed E-state index contributed by atoms with van der Waals surface area (Å²) in [6, 6.07) is 17.4. The second-order valence-corrected chi connectivity index (χ2v) is 7.37. The molecule has 0 aliphatic carbocycles. The standard InChI is InChI=1S/C21H24N4O2S.H2/c22-21-25-18(14-28-21)12-20(27)24-17-8-6-15(7-9-17)10-11-23-13-19(26)16-4-2-1-3-5-16;/h1-9,14,19,23,26H,10-13H2,(H2,22,25)(H,24,27);1H/t19-;/m0./s1. The number of thiazole rings is 1. The molecule has 0 unspecified atom stereocenters. The number of aliphatic hydroxyl groups is 1. The summed E-state index contributed by atoms with van der Waals surface area (Å²) >= 11 is 1.33. The van der Waals surface area contributed by atoms with Crippen molar-refractivity contribution in [3.8, 4) is 0 Å². The quantitative estimate of drug-likeness (QED) is 0.415. The zero-order valence-electron chi connectivity index (χ0n) is 15.5. The summed E-state index contributed by atoms with van der Waals surface area (Å²) in [7, 11) is 0. The van der Waals surface area contributed by atoms with E-state index in [0.29, 0.717) is 17.4 Å². The number of hydrogen-bond donors (Lipinski definition) is 4. The van der Waals surface area contributed by atoms with Gasteiger partial charge in [-0.1, -0.05) is 42.5 Å². The maximum atomic E-state index is 12.0. The second kappa shape index (κ2) is 9.98. The fourth-order valence-corrected chi connectivity index (χ4v) is 3.36. The predicted molar refractivity (Wildman–Crippen MR) is 115 cm³/mol. The molecule has 5 N–H and O–H groups in total. The molecule has 3 rings (SSSR count). The first-order chi connectivity index (χ1) is 13.6. The van der Waals surface area contributed by atoms with Gasteiger partial charge in [-0.15, -0.1) is 11.3 Å². The predicted octanol–water partition coefficient (Wildman–Crippen LogP) is 3.02. The first kappa shape index (κ1) is 20.0. The number of aromatic nitrogens is 1. The van der Waals surface area contributed by atoms with Crippen molar-refractivity contribution < 1.29 is 11.3 Å². The third kappa shape index (κ3) is 6.16. The fraction of sp³-hybridized carbons (Fsp3) is 0.238. The van der Waals surface area contributed by atoms with Gasteiger partial charge < -0.3 is 21.5 Å². The van der Waals surface area contributed by atoms with Crippen molar-refractivity contribution in [1.29, 1.82) is 0 Å². The van der Waals surface area contributed by atoms with Crippen LogP contribution in [-0.4, -0.2) is 29.1 Å². The van der Waals surface area contributed by atoms with Gasteiger partial charge in [0.25, 0.3) is 0 Å². The number of hydrogen-bond acceptors (Lipinski definition) is 6. The van der Waals surface area contributed by atoms with Crippen molar-refractivity contribution in [2.45, 2.75) is 18.9 Å². The molecule has 0 saturated heterocycles. The minimum Gasteiger partial charge on any atom is -0.387 e. The van der Waals surface area contributed by atoms with E-state index in [1.54, 1.807) is 5.38 Å². The average Bonchev–Trinajstić information content (AvgIpc) is 3.11. The van der Waals surface area contributed by atoms with Crippen LogP contribution >= 0.6 is 11.3 Å². The van der Waals surface area contributed by atoms with Crippen molar-refractivity contribution in [3.63, 3.8) is 0 Å². The molecule has 7 heteroatoms. The lowest BCUT2D eigenvalue weighted by atomic mass is 10.1. The van der Waals surface area contributed by atoms with Gasteiger partial charge in [0, 0.05) is 19.0 Å². The Balaban J connectivity index is 0.00000300. The molecule has 3 aromatic rings.